The van der Waals surface area contributed by atoms with Crippen LogP contribution in [-0.2, 0) is 19.2 Å². The third-order valence-electron chi connectivity index (χ3n) is 4.08. The summed E-state index contributed by atoms with van der Waals surface area (Å²) >= 11 is 5.54. The van der Waals surface area contributed by atoms with Crippen LogP contribution < -0.4 is 21.7 Å². The van der Waals surface area contributed by atoms with Gasteiger partial charge in [0.2, 0.25) is 17.7 Å². The number of aliphatic hydroxyl groups is 1. The van der Waals surface area contributed by atoms with Crippen molar-refractivity contribution < 1.29 is 29.4 Å². The van der Waals surface area contributed by atoms with Crippen molar-refractivity contribution in [1.29, 1.82) is 0 Å². The second-order valence-corrected chi connectivity index (χ2v) is 8.28. The van der Waals surface area contributed by atoms with E-state index in [4.69, 9.17) is 5.73 Å². The Labute approximate surface area is 180 Å². The van der Waals surface area contributed by atoms with Crippen LogP contribution in [0.3, 0.4) is 0 Å². The van der Waals surface area contributed by atoms with Gasteiger partial charge in [-0.15, -0.1) is 0 Å². The number of aliphatic carboxylic acids is 1. The van der Waals surface area contributed by atoms with Crippen LogP contribution in [0.1, 0.15) is 27.2 Å². The van der Waals surface area contributed by atoms with E-state index in [1.54, 1.807) is 13.8 Å². The number of amides is 3. The minimum Gasteiger partial charge on any atom is -0.480 e. The van der Waals surface area contributed by atoms with Gasteiger partial charge in [-0.2, -0.15) is 24.4 Å². The molecule has 0 aliphatic heterocycles. The maximum absolute atomic E-state index is 12.5. The molecule has 0 saturated heterocycles. The molecule has 0 radical (unpaired) electrons. The number of carbonyl (C=O) groups excluding carboxylic acids is 3. The lowest BCUT2D eigenvalue weighted by atomic mass is 10.0. The fraction of sp³-hybridized carbons (Fsp3) is 0.765. The molecule has 0 bridgehead atoms. The molecule has 7 N–H and O–H groups in total. The van der Waals surface area contributed by atoms with Crippen LogP contribution in [0.5, 0.6) is 0 Å². The number of carboxylic acids is 1. The summed E-state index contributed by atoms with van der Waals surface area (Å²) in [7, 11) is 0. The zero-order valence-corrected chi connectivity index (χ0v) is 18.8. The van der Waals surface area contributed by atoms with Gasteiger partial charge in [0.15, 0.2) is 0 Å². The fourth-order valence-corrected chi connectivity index (χ4v) is 3.01. The van der Waals surface area contributed by atoms with Crippen molar-refractivity contribution >= 4 is 48.1 Å². The van der Waals surface area contributed by atoms with Crippen LogP contribution >= 0.6 is 24.4 Å². The number of hydrogen-bond donors (Lipinski definition) is 7. The van der Waals surface area contributed by atoms with Gasteiger partial charge in [-0.25, -0.2) is 4.79 Å². The summed E-state index contributed by atoms with van der Waals surface area (Å²) in [5.41, 5.74) is 5.77. The highest BCUT2D eigenvalue weighted by molar-refractivity contribution is 7.98. The van der Waals surface area contributed by atoms with E-state index in [1.165, 1.54) is 18.7 Å². The van der Waals surface area contributed by atoms with Gasteiger partial charge in [0.25, 0.3) is 0 Å². The average molecular weight is 453 g/mol. The van der Waals surface area contributed by atoms with Crippen LogP contribution in [-0.4, -0.2) is 81.9 Å². The van der Waals surface area contributed by atoms with Crippen LogP contribution in [0.25, 0.3) is 0 Å². The number of hydrogen-bond acceptors (Lipinski definition) is 8. The molecule has 0 saturated carbocycles. The minimum absolute atomic E-state index is 0.115. The summed E-state index contributed by atoms with van der Waals surface area (Å²) in [4.78, 5) is 48.3. The summed E-state index contributed by atoms with van der Waals surface area (Å²) < 4.78 is 0. The molecular formula is C17H32N4O6S2. The molecule has 168 valence electrons. The van der Waals surface area contributed by atoms with E-state index >= 15 is 0 Å². The Morgan fingerprint density at radius 2 is 1.55 bits per heavy atom. The number of rotatable bonds is 13. The molecule has 0 aromatic carbocycles. The lowest BCUT2D eigenvalue weighted by Crippen LogP contribution is -2.60. The zero-order valence-electron chi connectivity index (χ0n) is 17.0. The summed E-state index contributed by atoms with van der Waals surface area (Å²) in [5, 5.41) is 26.2. The molecular weight excluding hydrogens is 420 g/mol. The molecule has 0 aromatic heterocycles. The zero-order chi connectivity index (χ0) is 22.7. The predicted octanol–water partition coefficient (Wildman–Crippen LogP) is -1.43. The molecule has 0 aliphatic carbocycles. The number of aliphatic hydroxyl groups excluding tert-OH is 1. The second-order valence-electron chi connectivity index (χ2n) is 6.93. The third-order valence-corrected chi connectivity index (χ3v) is 5.09. The Morgan fingerprint density at radius 3 is 1.97 bits per heavy atom. The first-order chi connectivity index (χ1) is 13.5. The van der Waals surface area contributed by atoms with Gasteiger partial charge in [-0.3, -0.25) is 14.4 Å². The monoisotopic (exact) mass is 452 g/mol. The highest BCUT2D eigenvalue weighted by Crippen LogP contribution is 2.04. The van der Waals surface area contributed by atoms with Crippen molar-refractivity contribution in [3.63, 3.8) is 0 Å². The average Bonchev–Trinajstić information content (AvgIpc) is 2.64. The number of nitrogens with one attached hydrogen (secondary N) is 3. The van der Waals surface area contributed by atoms with E-state index in [-0.39, 0.29) is 11.7 Å². The van der Waals surface area contributed by atoms with Gasteiger partial charge >= 0.3 is 5.97 Å². The van der Waals surface area contributed by atoms with E-state index in [0.717, 1.165) is 0 Å². The third kappa shape index (κ3) is 9.70. The lowest BCUT2D eigenvalue weighted by Gasteiger charge is -2.26. The molecule has 12 heteroatoms. The molecule has 0 aromatic rings. The van der Waals surface area contributed by atoms with Gasteiger partial charge in [0.05, 0.1) is 12.1 Å². The number of carbonyl (C=O) groups is 4. The quantitative estimate of drug-likeness (QED) is 0.167. The highest BCUT2D eigenvalue weighted by Gasteiger charge is 2.32. The van der Waals surface area contributed by atoms with Crippen molar-refractivity contribution in [1.82, 2.24) is 16.0 Å². The maximum atomic E-state index is 12.5. The van der Waals surface area contributed by atoms with E-state index in [0.29, 0.717) is 12.2 Å². The van der Waals surface area contributed by atoms with Gasteiger partial charge in [-0.1, -0.05) is 13.8 Å². The Kier molecular flexibility index (Phi) is 13.0. The summed E-state index contributed by atoms with van der Waals surface area (Å²) in [6, 6.07) is -4.47. The summed E-state index contributed by atoms with van der Waals surface area (Å²) in [6.45, 7) is 4.58. The molecule has 0 rings (SSSR count). The largest absolute Gasteiger partial charge is 0.480 e. The lowest BCUT2D eigenvalue weighted by molar-refractivity contribution is -0.143. The molecule has 0 spiro atoms. The second kappa shape index (κ2) is 13.7. The summed E-state index contributed by atoms with van der Waals surface area (Å²) in [5.74, 6) is -3.18. The van der Waals surface area contributed by atoms with Crippen LogP contribution in [0, 0.1) is 5.92 Å². The molecule has 5 atom stereocenters. The predicted molar refractivity (Wildman–Crippen MR) is 115 cm³/mol. The number of thioether (sulfide) groups is 1. The normalized spacial score (nSPS) is 16.3. The summed E-state index contributed by atoms with van der Waals surface area (Å²) in [6.07, 6.45) is 1.01. The Balaban J connectivity index is 5.10. The van der Waals surface area contributed by atoms with Gasteiger partial charge in [0, 0.05) is 5.75 Å². The standard InChI is InChI=1S/C17H32N4O6S2/c1-8(2)12(17(26)27)20-15(24)11(7-28)19-16(25)13(9(3)22)21-14(23)10(18)5-6-29-4/h8-13,22,28H,5-7,18H2,1-4H3,(H,19,25)(H,20,24)(H,21,23)(H,26,27). The van der Waals surface area contributed by atoms with Gasteiger partial charge < -0.3 is 31.9 Å². The molecule has 0 heterocycles. The first-order valence-electron chi connectivity index (χ1n) is 9.13. The van der Waals surface area contributed by atoms with E-state index < -0.39 is 54.0 Å². The van der Waals surface area contributed by atoms with Crippen molar-refractivity contribution in [3.8, 4) is 0 Å². The molecule has 10 nitrogen and oxygen atoms in total. The number of thiol groups is 1. The van der Waals surface area contributed by atoms with E-state index in [1.807, 2.05) is 6.26 Å². The smallest absolute Gasteiger partial charge is 0.326 e. The van der Waals surface area contributed by atoms with Crippen LogP contribution in [0.4, 0.5) is 0 Å². The van der Waals surface area contributed by atoms with Crippen molar-refractivity contribution in [3.05, 3.63) is 0 Å². The van der Waals surface area contributed by atoms with E-state index in [2.05, 4.69) is 28.6 Å². The topological polar surface area (TPSA) is 171 Å². The van der Waals surface area contributed by atoms with Gasteiger partial charge in [-0.05, 0) is 31.3 Å². The van der Waals surface area contributed by atoms with Crippen molar-refractivity contribution in [2.24, 2.45) is 11.7 Å². The Bertz CT molecular complexity index is 576. The maximum Gasteiger partial charge on any atom is 0.326 e. The SMILES string of the molecule is CSCCC(N)C(=O)NC(C(=O)NC(CS)C(=O)NC(C(=O)O)C(C)C)C(C)O. The van der Waals surface area contributed by atoms with Gasteiger partial charge in [0.1, 0.15) is 18.1 Å². The van der Waals surface area contributed by atoms with Crippen LogP contribution in [0.2, 0.25) is 0 Å². The van der Waals surface area contributed by atoms with Crippen molar-refractivity contribution in [2.45, 2.75) is 57.5 Å². The minimum atomic E-state index is -1.33. The first kappa shape index (κ1) is 27.5. The van der Waals surface area contributed by atoms with Crippen LogP contribution in [0.15, 0.2) is 0 Å². The van der Waals surface area contributed by atoms with Crippen molar-refractivity contribution in [2.75, 3.05) is 17.8 Å². The highest BCUT2D eigenvalue weighted by atomic mass is 32.2. The molecule has 29 heavy (non-hydrogen) atoms. The molecule has 5 unspecified atom stereocenters. The van der Waals surface area contributed by atoms with E-state index in [9.17, 15) is 29.4 Å². The first-order valence-corrected chi connectivity index (χ1v) is 11.2. The molecule has 3 amide bonds. The number of carboxylic acid groups (broad SMARTS) is 1. The Hall–Kier alpha value is -1.50. The Morgan fingerprint density at radius 1 is 1.00 bits per heavy atom. The molecule has 0 aliphatic rings. The number of nitrogens with two attached hydrogens (primary N) is 1. The molecule has 0 fully saturated rings. The fourth-order valence-electron chi connectivity index (χ4n) is 2.26.